The van der Waals surface area contributed by atoms with Crippen molar-refractivity contribution in [3.05, 3.63) is 105 Å². The lowest BCUT2D eigenvalue weighted by atomic mass is 9.86. The Morgan fingerprint density at radius 1 is 0.556 bits per heavy atom. The summed E-state index contributed by atoms with van der Waals surface area (Å²) in [5.41, 5.74) is 2.75. The van der Waals surface area contributed by atoms with Gasteiger partial charge in [0.2, 0.25) is 0 Å². The summed E-state index contributed by atoms with van der Waals surface area (Å²) in [6, 6.07) is 25.3. The van der Waals surface area contributed by atoms with E-state index in [2.05, 4.69) is 0 Å². The maximum Gasteiger partial charge on any atom is 0.311 e. The molecule has 178 valence electrons. The molecule has 0 aliphatic heterocycles. The van der Waals surface area contributed by atoms with Gasteiger partial charge in [-0.05, 0) is 55.9 Å². The van der Waals surface area contributed by atoms with Gasteiger partial charge >= 0.3 is 11.4 Å². The van der Waals surface area contributed by atoms with Crippen LogP contribution in [0.2, 0.25) is 0 Å². The molecule has 8 heteroatoms. The first-order chi connectivity index (χ1) is 17.4. The third-order valence-electron chi connectivity index (χ3n) is 6.26. The van der Waals surface area contributed by atoms with Crippen LogP contribution in [0.5, 0.6) is 11.5 Å². The lowest BCUT2D eigenvalue weighted by molar-refractivity contribution is -0.385. The topological polar surface area (TPSA) is 105 Å². The summed E-state index contributed by atoms with van der Waals surface area (Å²) in [6.45, 7) is 0. The molecular weight excluding hydrogens is 460 g/mol. The zero-order chi connectivity index (χ0) is 25.4. The van der Waals surface area contributed by atoms with Gasteiger partial charge in [-0.3, -0.25) is 20.2 Å². The quantitative estimate of drug-likeness (QED) is 0.145. The molecule has 36 heavy (non-hydrogen) atoms. The van der Waals surface area contributed by atoms with Gasteiger partial charge in [-0.2, -0.15) is 0 Å². The Morgan fingerprint density at radius 3 is 1.17 bits per heavy atom. The Labute approximate surface area is 205 Å². The number of benzene rings is 5. The molecule has 0 aromatic heterocycles. The maximum absolute atomic E-state index is 11.7. The molecule has 0 fully saturated rings. The molecule has 0 heterocycles. The van der Waals surface area contributed by atoms with Gasteiger partial charge in [0.15, 0.2) is 11.5 Å². The van der Waals surface area contributed by atoms with E-state index in [1.807, 2.05) is 48.5 Å². The first kappa shape index (κ1) is 22.8. The minimum atomic E-state index is -0.461. The van der Waals surface area contributed by atoms with Crippen LogP contribution in [0.25, 0.3) is 43.8 Å². The van der Waals surface area contributed by atoms with Crippen LogP contribution < -0.4 is 9.47 Å². The van der Waals surface area contributed by atoms with Crippen molar-refractivity contribution in [3.63, 3.8) is 0 Å². The number of fused-ring (bicyclic) bond motifs is 2. The molecule has 5 aromatic rings. The highest BCUT2D eigenvalue weighted by Gasteiger charge is 2.22. The minimum Gasteiger partial charge on any atom is -0.490 e. The third kappa shape index (κ3) is 3.65. The second-order valence-electron chi connectivity index (χ2n) is 8.13. The number of nitro groups is 2. The van der Waals surface area contributed by atoms with E-state index in [0.717, 1.165) is 32.7 Å². The van der Waals surface area contributed by atoms with Gasteiger partial charge in [-0.25, -0.2) is 0 Å². The second kappa shape index (κ2) is 8.99. The fourth-order valence-corrected chi connectivity index (χ4v) is 4.73. The Balaban J connectivity index is 1.90. The molecular formula is C28H20N2O6. The molecule has 5 rings (SSSR count). The van der Waals surface area contributed by atoms with Crippen LogP contribution in [-0.2, 0) is 0 Å². The molecule has 0 spiro atoms. The van der Waals surface area contributed by atoms with E-state index < -0.39 is 9.85 Å². The van der Waals surface area contributed by atoms with Crippen molar-refractivity contribution in [2.24, 2.45) is 0 Å². The minimum absolute atomic E-state index is 0.127. The Hall–Kier alpha value is -4.98. The molecule has 0 N–H and O–H groups in total. The average molecular weight is 480 g/mol. The van der Waals surface area contributed by atoms with Crippen LogP contribution in [0.3, 0.4) is 0 Å². The molecule has 8 nitrogen and oxygen atoms in total. The van der Waals surface area contributed by atoms with Gasteiger partial charge in [-0.1, -0.05) is 60.7 Å². The standard InChI is InChI=1S/C28H20N2O6/c1-35-25-13-11-17(15-23(25)29(31)32)27-19-7-3-5-9-21(19)28(22-10-6-4-8-20(22)27)18-12-14-26(36-2)24(16-18)30(33)34/h3-16H,1-2H3. The molecule has 0 aliphatic carbocycles. The van der Waals surface area contributed by atoms with Crippen LogP contribution in [0.4, 0.5) is 11.4 Å². The van der Waals surface area contributed by atoms with Crippen LogP contribution in [0.15, 0.2) is 84.9 Å². The Bertz CT molecular complexity index is 1500. The van der Waals surface area contributed by atoms with E-state index in [0.29, 0.717) is 11.1 Å². The van der Waals surface area contributed by atoms with E-state index in [-0.39, 0.29) is 22.9 Å². The van der Waals surface area contributed by atoms with Crippen LogP contribution in [0.1, 0.15) is 0 Å². The average Bonchev–Trinajstić information content (AvgIpc) is 2.90. The third-order valence-corrected chi connectivity index (χ3v) is 6.26. The molecule has 0 aliphatic rings. The van der Waals surface area contributed by atoms with Gasteiger partial charge in [-0.15, -0.1) is 0 Å². The van der Waals surface area contributed by atoms with E-state index in [1.54, 1.807) is 24.3 Å². The van der Waals surface area contributed by atoms with Gasteiger partial charge in [0.25, 0.3) is 0 Å². The van der Waals surface area contributed by atoms with E-state index in [9.17, 15) is 20.2 Å². The predicted octanol–water partition coefficient (Wildman–Crippen LogP) is 7.16. The normalized spacial score (nSPS) is 10.9. The van der Waals surface area contributed by atoms with Crippen molar-refractivity contribution in [1.29, 1.82) is 0 Å². The zero-order valence-corrected chi connectivity index (χ0v) is 19.4. The molecule has 0 amide bonds. The lowest BCUT2D eigenvalue weighted by Gasteiger charge is -2.18. The van der Waals surface area contributed by atoms with Crippen molar-refractivity contribution in [2.45, 2.75) is 0 Å². The number of methoxy groups -OCH3 is 2. The Morgan fingerprint density at radius 2 is 0.889 bits per heavy atom. The first-order valence-corrected chi connectivity index (χ1v) is 11.0. The number of rotatable bonds is 6. The number of nitrogens with zero attached hydrogens (tertiary/aromatic N) is 2. The summed E-state index contributed by atoms with van der Waals surface area (Å²) in [5.74, 6) is 0.360. The number of hydrogen-bond acceptors (Lipinski definition) is 6. The molecule has 0 bridgehead atoms. The molecule has 0 saturated carbocycles. The van der Waals surface area contributed by atoms with Gasteiger partial charge < -0.3 is 9.47 Å². The Kier molecular flexibility index (Phi) is 5.69. The van der Waals surface area contributed by atoms with Crippen molar-refractivity contribution < 1.29 is 19.3 Å². The SMILES string of the molecule is COc1ccc(-c2c3ccccc3c(-c3ccc(OC)c([N+](=O)[O-])c3)c3ccccc23)cc1[N+](=O)[O-]. The molecule has 0 atom stereocenters. The van der Waals surface area contributed by atoms with Crippen LogP contribution >= 0.6 is 0 Å². The summed E-state index contributed by atoms with van der Waals surface area (Å²) < 4.78 is 10.4. The van der Waals surface area contributed by atoms with Crippen molar-refractivity contribution >= 4 is 32.9 Å². The highest BCUT2D eigenvalue weighted by Crippen LogP contribution is 2.46. The van der Waals surface area contributed by atoms with Gasteiger partial charge in [0, 0.05) is 12.1 Å². The summed E-state index contributed by atoms with van der Waals surface area (Å²) in [5, 5.41) is 26.9. The van der Waals surface area contributed by atoms with Gasteiger partial charge in [0.1, 0.15) is 0 Å². The number of ether oxygens (including phenoxy) is 2. The number of hydrogen-bond donors (Lipinski definition) is 0. The van der Waals surface area contributed by atoms with E-state index in [4.69, 9.17) is 9.47 Å². The first-order valence-electron chi connectivity index (χ1n) is 11.0. The predicted molar refractivity (Wildman–Crippen MR) is 139 cm³/mol. The zero-order valence-electron chi connectivity index (χ0n) is 19.4. The monoisotopic (exact) mass is 480 g/mol. The van der Waals surface area contributed by atoms with Crippen molar-refractivity contribution in [3.8, 4) is 33.8 Å². The molecule has 0 unspecified atom stereocenters. The fourth-order valence-electron chi connectivity index (χ4n) is 4.73. The van der Waals surface area contributed by atoms with E-state index in [1.165, 1.54) is 26.4 Å². The van der Waals surface area contributed by atoms with Gasteiger partial charge in [0.05, 0.1) is 24.1 Å². The second-order valence-corrected chi connectivity index (χ2v) is 8.13. The molecule has 0 saturated heterocycles. The summed E-state index contributed by atoms with van der Waals surface area (Å²) >= 11 is 0. The van der Waals surface area contributed by atoms with Crippen molar-refractivity contribution in [2.75, 3.05) is 14.2 Å². The maximum atomic E-state index is 11.7. The highest BCUT2D eigenvalue weighted by molar-refractivity contribution is 6.21. The van der Waals surface area contributed by atoms with Crippen LogP contribution in [0, 0.1) is 20.2 Å². The smallest absolute Gasteiger partial charge is 0.311 e. The molecule has 0 radical (unpaired) electrons. The summed E-state index contributed by atoms with van der Waals surface area (Å²) in [6.07, 6.45) is 0. The largest absolute Gasteiger partial charge is 0.490 e. The highest BCUT2D eigenvalue weighted by atomic mass is 16.6. The number of nitro benzene ring substituents is 2. The fraction of sp³-hybridized carbons (Fsp3) is 0.0714. The van der Waals surface area contributed by atoms with Crippen LogP contribution in [-0.4, -0.2) is 24.1 Å². The molecule has 5 aromatic carbocycles. The summed E-state index contributed by atoms with van der Waals surface area (Å²) in [4.78, 5) is 22.5. The van der Waals surface area contributed by atoms with E-state index >= 15 is 0 Å². The lowest BCUT2D eigenvalue weighted by Crippen LogP contribution is -1.96. The van der Waals surface area contributed by atoms with Crippen molar-refractivity contribution in [1.82, 2.24) is 0 Å². The summed E-state index contributed by atoms with van der Waals surface area (Å²) in [7, 11) is 2.80.